The molecule has 1 aliphatic rings. The number of carbonyl (C=O) groups excluding carboxylic acids is 4. The summed E-state index contributed by atoms with van der Waals surface area (Å²) < 4.78 is 0. The minimum atomic E-state index is -0.817. The fourth-order valence-corrected chi connectivity index (χ4v) is 5.87. The Morgan fingerprint density at radius 3 is 2.26 bits per heavy atom. The summed E-state index contributed by atoms with van der Waals surface area (Å²) in [6.07, 6.45) is 8.47. The maximum absolute atomic E-state index is 13.5. The van der Waals surface area contributed by atoms with E-state index in [0.29, 0.717) is 25.8 Å². The summed E-state index contributed by atoms with van der Waals surface area (Å²) in [6, 6.07) is -1.23. The zero-order valence-electron chi connectivity index (χ0n) is 21.3. The third kappa shape index (κ3) is 11.9. The quantitative estimate of drug-likeness (QED) is 0.368. The van der Waals surface area contributed by atoms with Crippen LogP contribution < -0.4 is 16.0 Å². The lowest BCUT2D eigenvalue weighted by Crippen LogP contribution is -2.58. The predicted molar refractivity (Wildman–Crippen MR) is 142 cm³/mol. The Morgan fingerprint density at radius 1 is 1.09 bits per heavy atom. The molecule has 1 aliphatic heterocycles. The molecule has 3 amide bonds. The van der Waals surface area contributed by atoms with Crippen molar-refractivity contribution in [3.05, 3.63) is 0 Å². The van der Waals surface area contributed by atoms with E-state index < -0.39 is 17.6 Å². The van der Waals surface area contributed by atoms with Gasteiger partial charge in [0.25, 0.3) is 0 Å². The number of amides is 3. The van der Waals surface area contributed by atoms with Gasteiger partial charge in [-0.3, -0.25) is 14.4 Å². The van der Waals surface area contributed by atoms with Gasteiger partial charge >= 0.3 is 0 Å². The van der Waals surface area contributed by atoms with E-state index in [-0.39, 0.29) is 24.3 Å². The van der Waals surface area contributed by atoms with Crippen LogP contribution in [0.5, 0.6) is 0 Å². The fraction of sp³-hybridized carbons (Fsp3) is 0.833. The summed E-state index contributed by atoms with van der Waals surface area (Å²) in [5.74, 6) is 1.31. The van der Waals surface area contributed by atoms with Crippen molar-refractivity contribution in [1.82, 2.24) is 20.9 Å². The van der Waals surface area contributed by atoms with Crippen LogP contribution >= 0.6 is 21.6 Å². The van der Waals surface area contributed by atoms with Gasteiger partial charge in [-0.15, -0.1) is 0 Å². The highest BCUT2D eigenvalue weighted by Crippen LogP contribution is 2.25. The van der Waals surface area contributed by atoms with E-state index in [4.69, 9.17) is 0 Å². The SMILES string of the molecule is CCCN1CC(=O)NC(C=O)CCCCCSSCCCCCC(NC(=O)C(C)(C)NC)C1=O. The second kappa shape index (κ2) is 17.2. The Balaban J connectivity index is 2.99. The number of likely N-dealkylation sites (N-methyl/N-ethyl adjacent to an activating group) is 1. The lowest BCUT2D eigenvalue weighted by molar-refractivity contribution is -0.140. The number of nitrogens with zero attached hydrogens (tertiary/aromatic N) is 1. The van der Waals surface area contributed by atoms with Crippen molar-refractivity contribution in [2.75, 3.05) is 31.6 Å². The molecule has 0 aliphatic carbocycles. The van der Waals surface area contributed by atoms with Crippen LogP contribution in [0.1, 0.15) is 78.6 Å². The molecule has 2 unspecified atom stereocenters. The van der Waals surface area contributed by atoms with E-state index in [1.165, 1.54) is 4.90 Å². The van der Waals surface area contributed by atoms with E-state index in [1.807, 2.05) is 28.5 Å². The molecule has 2 atom stereocenters. The van der Waals surface area contributed by atoms with Crippen molar-refractivity contribution in [3.8, 4) is 0 Å². The molecule has 196 valence electrons. The van der Waals surface area contributed by atoms with Crippen molar-refractivity contribution in [3.63, 3.8) is 0 Å². The second-order valence-electron chi connectivity index (χ2n) is 9.31. The van der Waals surface area contributed by atoms with Gasteiger partial charge in [0.15, 0.2) is 0 Å². The fourth-order valence-electron chi connectivity index (χ4n) is 3.57. The van der Waals surface area contributed by atoms with Crippen molar-refractivity contribution >= 4 is 45.6 Å². The maximum Gasteiger partial charge on any atom is 0.245 e. The van der Waals surface area contributed by atoms with Crippen LogP contribution in [0.25, 0.3) is 0 Å². The summed E-state index contributed by atoms with van der Waals surface area (Å²) in [5, 5.41) is 8.67. The van der Waals surface area contributed by atoms with Gasteiger partial charge in [-0.1, -0.05) is 54.2 Å². The van der Waals surface area contributed by atoms with Gasteiger partial charge in [0.1, 0.15) is 12.3 Å². The topological polar surface area (TPSA) is 108 Å². The van der Waals surface area contributed by atoms with Crippen molar-refractivity contribution in [1.29, 1.82) is 0 Å². The Morgan fingerprint density at radius 2 is 1.71 bits per heavy atom. The number of carbonyl (C=O) groups is 4. The average molecular weight is 517 g/mol. The van der Waals surface area contributed by atoms with Crippen LogP contribution in [0.3, 0.4) is 0 Å². The molecule has 1 fully saturated rings. The molecule has 3 N–H and O–H groups in total. The van der Waals surface area contributed by atoms with Crippen LogP contribution in [0.2, 0.25) is 0 Å². The summed E-state index contributed by atoms with van der Waals surface area (Å²) >= 11 is 0. The first-order valence-electron chi connectivity index (χ1n) is 12.5. The first kappa shape index (κ1) is 30.8. The third-order valence-electron chi connectivity index (χ3n) is 5.99. The van der Waals surface area contributed by atoms with Gasteiger partial charge in [-0.2, -0.15) is 0 Å². The van der Waals surface area contributed by atoms with Gasteiger partial charge in [0.05, 0.1) is 18.1 Å². The molecule has 1 saturated heterocycles. The number of hydrogen-bond donors (Lipinski definition) is 3. The molecule has 0 aromatic rings. The van der Waals surface area contributed by atoms with Gasteiger partial charge in [-0.05, 0) is 53.0 Å². The summed E-state index contributed by atoms with van der Waals surface area (Å²) in [6.45, 7) is 5.77. The number of nitrogens with one attached hydrogen (secondary N) is 3. The summed E-state index contributed by atoms with van der Waals surface area (Å²) in [7, 11) is 5.47. The smallest absolute Gasteiger partial charge is 0.245 e. The Hall–Kier alpha value is -1.26. The van der Waals surface area contributed by atoms with E-state index in [9.17, 15) is 19.2 Å². The summed E-state index contributed by atoms with van der Waals surface area (Å²) in [5.41, 5.74) is -0.817. The summed E-state index contributed by atoms with van der Waals surface area (Å²) in [4.78, 5) is 51.9. The molecule has 0 radical (unpaired) electrons. The highest BCUT2D eigenvalue weighted by molar-refractivity contribution is 8.76. The van der Waals surface area contributed by atoms with Gasteiger partial charge in [-0.25, -0.2) is 0 Å². The van der Waals surface area contributed by atoms with Crippen molar-refractivity contribution < 1.29 is 19.2 Å². The molecular formula is C24H44N4O4S2. The molecule has 8 nitrogen and oxygen atoms in total. The van der Waals surface area contributed by atoms with E-state index >= 15 is 0 Å². The molecule has 0 bridgehead atoms. The van der Waals surface area contributed by atoms with E-state index in [1.54, 1.807) is 20.9 Å². The number of hydrogen-bond acceptors (Lipinski definition) is 7. The van der Waals surface area contributed by atoms with Crippen LogP contribution in [0.15, 0.2) is 0 Å². The Kier molecular flexibility index (Phi) is 15.6. The highest BCUT2D eigenvalue weighted by Gasteiger charge is 2.32. The zero-order valence-corrected chi connectivity index (χ0v) is 23.0. The first-order valence-corrected chi connectivity index (χ1v) is 15.0. The minimum Gasteiger partial charge on any atom is -0.345 e. The lowest BCUT2D eigenvalue weighted by atomic mass is 10.0. The predicted octanol–water partition coefficient (Wildman–Crippen LogP) is 2.91. The van der Waals surface area contributed by atoms with Crippen molar-refractivity contribution in [2.24, 2.45) is 0 Å². The molecule has 0 saturated carbocycles. The first-order chi connectivity index (χ1) is 16.2. The van der Waals surface area contributed by atoms with Crippen LogP contribution in [0.4, 0.5) is 0 Å². The van der Waals surface area contributed by atoms with E-state index in [0.717, 1.165) is 56.3 Å². The van der Waals surface area contributed by atoms with Crippen molar-refractivity contribution in [2.45, 2.75) is 96.2 Å². The van der Waals surface area contributed by atoms with Gasteiger partial charge in [0, 0.05) is 18.1 Å². The Bertz CT molecular complexity index is 648. The highest BCUT2D eigenvalue weighted by atomic mass is 33.1. The molecule has 0 aromatic carbocycles. The third-order valence-corrected chi connectivity index (χ3v) is 8.57. The van der Waals surface area contributed by atoms with E-state index in [2.05, 4.69) is 16.0 Å². The normalized spacial score (nSPS) is 23.2. The van der Waals surface area contributed by atoms with Gasteiger partial charge < -0.3 is 25.6 Å². The molecule has 34 heavy (non-hydrogen) atoms. The second-order valence-corrected chi connectivity index (χ2v) is 12.0. The van der Waals surface area contributed by atoms with Crippen LogP contribution in [-0.4, -0.2) is 78.2 Å². The van der Waals surface area contributed by atoms with Gasteiger partial charge in [0.2, 0.25) is 17.7 Å². The van der Waals surface area contributed by atoms with Crippen LogP contribution in [0, 0.1) is 0 Å². The largest absolute Gasteiger partial charge is 0.345 e. The zero-order chi connectivity index (χ0) is 25.4. The van der Waals surface area contributed by atoms with Crippen LogP contribution in [-0.2, 0) is 19.2 Å². The molecule has 10 heteroatoms. The molecule has 1 heterocycles. The molecule has 0 spiro atoms. The maximum atomic E-state index is 13.5. The molecule has 0 aromatic heterocycles. The standard InChI is InChI=1S/C24H44N4O4S2/c1-5-14-28-17-21(30)26-19(18-29)12-8-6-10-15-33-34-16-11-7-9-13-20(22(28)31)27-23(32)24(2,3)25-4/h18-20,25H,5-17H2,1-4H3,(H,26,30)(H,27,32). The Labute approximate surface area is 213 Å². The average Bonchev–Trinajstić information content (AvgIpc) is 2.81. The monoisotopic (exact) mass is 516 g/mol. The molecule has 1 rings (SSSR count). The lowest BCUT2D eigenvalue weighted by Gasteiger charge is -2.30. The number of rotatable bonds is 6. The minimum absolute atomic E-state index is 0.119. The number of aldehydes is 1. The molecular weight excluding hydrogens is 472 g/mol.